The van der Waals surface area contributed by atoms with Crippen LogP contribution < -0.4 is 0 Å². The van der Waals surface area contributed by atoms with E-state index < -0.39 is 0 Å². The molecular weight excluding hydrogens is 391 g/mol. The van der Waals surface area contributed by atoms with Gasteiger partial charge in [-0.05, 0) is 42.8 Å². The lowest BCUT2D eigenvalue weighted by Crippen LogP contribution is -1.99. The van der Waals surface area contributed by atoms with Crippen LogP contribution >= 0.6 is 35.0 Å². The molecule has 1 heterocycles. The molecule has 0 bridgehead atoms. The van der Waals surface area contributed by atoms with E-state index in [4.69, 9.17) is 27.9 Å². The van der Waals surface area contributed by atoms with Crippen molar-refractivity contribution in [2.24, 2.45) is 0 Å². The van der Waals surface area contributed by atoms with Crippen LogP contribution in [0.5, 0.6) is 0 Å². The molecule has 2 aromatic carbocycles. The van der Waals surface area contributed by atoms with Crippen LogP contribution in [0.3, 0.4) is 0 Å². The van der Waals surface area contributed by atoms with Crippen molar-refractivity contribution >= 4 is 40.9 Å². The topological polar surface area (TPSA) is 44.1 Å². The predicted molar refractivity (Wildman–Crippen MR) is 106 cm³/mol. The predicted octanol–water partition coefficient (Wildman–Crippen LogP) is 5.77. The number of esters is 1. The highest BCUT2D eigenvalue weighted by Gasteiger charge is 2.12. The van der Waals surface area contributed by atoms with Crippen molar-refractivity contribution in [2.45, 2.75) is 18.7 Å². The molecule has 1 aromatic heterocycles. The van der Waals surface area contributed by atoms with Gasteiger partial charge in [-0.25, -0.2) is 4.68 Å². The zero-order valence-corrected chi connectivity index (χ0v) is 16.5. The summed E-state index contributed by atoms with van der Waals surface area (Å²) in [6.45, 7) is 3.35. The molecule has 0 fully saturated rings. The highest BCUT2D eigenvalue weighted by atomic mass is 35.5. The van der Waals surface area contributed by atoms with Gasteiger partial charge in [-0.3, -0.25) is 4.79 Å². The van der Waals surface area contributed by atoms with E-state index in [2.05, 4.69) is 5.10 Å². The maximum atomic E-state index is 10.8. The van der Waals surface area contributed by atoms with Crippen molar-refractivity contribution in [3.63, 3.8) is 0 Å². The third-order valence-corrected chi connectivity index (χ3v) is 5.15. The summed E-state index contributed by atoms with van der Waals surface area (Å²) in [5, 5.41) is 5.52. The number of aryl methyl sites for hydroxylation is 1. The lowest BCUT2D eigenvalue weighted by Gasteiger charge is -2.10. The highest BCUT2D eigenvalue weighted by molar-refractivity contribution is 7.99. The number of hydrogen-bond donors (Lipinski definition) is 0. The minimum absolute atomic E-state index is 0.286. The highest BCUT2D eigenvalue weighted by Crippen LogP contribution is 2.29. The molecule has 3 aromatic rings. The molecule has 0 aliphatic carbocycles. The molecule has 0 saturated heterocycles. The minimum Gasteiger partial charge on any atom is -0.454 e. The summed E-state index contributed by atoms with van der Waals surface area (Å²) in [6.07, 6.45) is 0. The second-order valence-electron chi connectivity index (χ2n) is 5.62. The Bertz CT molecular complexity index is 939. The molecular formula is C19H16Cl2N2O2S. The van der Waals surface area contributed by atoms with E-state index in [9.17, 15) is 4.79 Å². The Balaban J connectivity index is 1.87. The van der Waals surface area contributed by atoms with Crippen molar-refractivity contribution < 1.29 is 9.53 Å². The van der Waals surface area contributed by atoms with Crippen LogP contribution in [0.15, 0.2) is 53.4 Å². The summed E-state index contributed by atoms with van der Waals surface area (Å²) in [5.74, 6) is 0.00796. The summed E-state index contributed by atoms with van der Waals surface area (Å²) in [7, 11) is 0. The fraction of sp³-hybridized carbons (Fsp3) is 0.158. The third kappa shape index (κ3) is 4.41. The Morgan fingerprint density at radius 3 is 2.54 bits per heavy atom. The largest absolute Gasteiger partial charge is 0.454 e. The number of halogens is 2. The van der Waals surface area contributed by atoms with E-state index >= 15 is 0 Å². The van der Waals surface area contributed by atoms with Gasteiger partial charge in [0.1, 0.15) is 5.94 Å². The Morgan fingerprint density at radius 1 is 1.15 bits per heavy atom. The normalized spacial score (nSPS) is 10.8. The number of carbonyl (C=O) groups is 1. The first-order chi connectivity index (χ1) is 12.4. The third-order valence-electron chi connectivity index (χ3n) is 3.70. The van der Waals surface area contributed by atoms with Gasteiger partial charge < -0.3 is 4.74 Å². The lowest BCUT2D eigenvalue weighted by atomic mass is 10.1. The molecule has 26 heavy (non-hydrogen) atoms. The Hall–Kier alpha value is -1.95. The molecule has 134 valence electrons. The number of ether oxygens (including phenoxy) is 1. The summed E-state index contributed by atoms with van der Waals surface area (Å²) in [6, 6.07) is 15.5. The number of aromatic nitrogens is 2. The molecule has 0 amide bonds. The number of benzene rings is 2. The zero-order valence-electron chi connectivity index (χ0n) is 14.2. The maximum Gasteiger partial charge on any atom is 0.303 e. The molecule has 0 unspecified atom stereocenters. The van der Waals surface area contributed by atoms with Gasteiger partial charge in [0.25, 0.3) is 0 Å². The Morgan fingerprint density at radius 2 is 1.88 bits per heavy atom. The van der Waals surface area contributed by atoms with Crippen LogP contribution in [-0.2, 0) is 9.53 Å². The first-order valence-electron chi connectivity index (χ1n) is 7.83. The maximum absolute atomic E-state index is 10.8. The molecule has 0 N–H and O–H groups in total. The van der Waals surface area contributed by atoms with E-state index in [1.165, 1.54) is 18.7 Å². The van der Waals surface area contributed by atoms with E-state index in [1.54, 1.807) is 4.68 Å². The Kier molecular flexibility index (Phi) is 5.91. The standard InChI is InChI=1S/C19H16Cl2N2O2S/c1-12-9-15(5-8-17(12)20)23-18(10-19(21)22-23)14-3-6-16(7-4-14)26-11-25-13(2)24/h3-10H,11H2,1-2H3. The van der Waals surface area contributed by atoms with E-state index in [0.29, 0.717) is 16.1 Å². The van der Waals surface area contributed by atoms with Crippen molar-refractivity contribution in [1.29, 1.82) is 0 Å². The second kappa shape index (κ2) is 8.16. The molecule has 0 atom stereocenters. The van der Waals surface area contributed by atoms with Gasteiger partial charge in [0.15, 0.2) is 5.15 Å². The van der Waals surface area contributed by atoms with Crippen LogP contribution in [0.2, 0.25) is 10.2 Å². The summed E-state index contributed by atoms with van der Waals surface area (Å²) < 4.78 is 6.74. The van der Waals surface area contributed by atoms with Crippen molar-refractivity contribution in [3.8, 4) is 16.9 Å². The number of rotatable bonds is 5. The van der Waals surface area contributed by atoms with Crippen molar-refractivity contribution in [2.75, 3.05) is 5.94 Å². The van der Waals surface area contributed by atoms with Gasteiger partial charge in [-0.15, -0.1) is 0 Å². The molecule has 0 saturated carbocycles. The monoisotopic (exact) mass is 406 g/mol. The van der Waals surface area contributed by atoms with Crippen LogP contribution in [0, 0.1) is 6.92 Å². The molecule has 0 aliphatic rings. The first-order valence-corrected chi connectivity index (χ1v) is 9.57. The average molecular weight is 407 g/mol. The quantitative estimate of drug-likeness (QED) is 0.306. The van der Waals surface area contributed by atoms with Gasteiger partial charge >= 0.3 is 5.97 Å². The Labute approximate surface area is 166 Å². The van der Waals surface area contributed by atoms with Crippen LogP contribution in [0.4, 0.5) is 0 Å². The van der Waals surface area contributed by atoms with Gasteiger partial charge in [0.05, 0.1) is 11.4 Å². The summed E-state index contributed by atoms with van der Waals surface area (Å²) >= 11 is 13.7. The van der Waals surface area contributed by atoms with E-state index in [-0.39, 0.29) is 5.97 Å². The molecule has 3 rings (SSSR count). The summed E-state index contributed by atoms with van der Waals surface area (Å²) in [5.41, 5.74) is 3.73. The molecule has 7 heteroatoms. The number of carbonyl (C=O) groups excluding carboxylic acids is 1. The van der Waals surface area contributed by atoms with Crippen molar-refractivity contribution in [3.05, 3.63) is 64.3 Å². The number of nitrogens with zero attached hydrogens (tertiary/aromatic N) is 2. The van der Waals surface area contributed by atoms with Crippen molar-refractivity contribution in [1.82, 2.24) is 9.78 Å². The molecule has 0 spiro atoms. The first kappa shape index (κ1) is 18.8. The van der Waals surface area contributed by atoms with Gasteiger partial charge in [0.2, 0.25) is 0 Å². The fourth-order valence-electron chi connectivity index (χ4n) is 2.42. The minimum atomic E-state index is -0.286. The van der Waals surface area contributed by atoms with Gasteiger partial charge in [-0.1, -0.05) is 47.1 Å². The second-order valence-corrected chi connectivity index (χ2v) is 7.41. The molecule has 4 nitrogen and oxygen atoms in total. The number of hydrogen-bond acceptors (Lipinski definition) is 4. The van der Waals surface area contributed by atoms with Crippen LogP contribution in [0.1, 0.15) is 12.5 Å². The SMILES string of the molecule is CC(=O)OCSc1ccc(-c2cc(Cl)nn2-c2ccc(Cl)c(C)c2)cc1. The zero-order chi connectivity index (χ0) is 18.7. The average Bonchev–Trinajstić information content (AvgIpc) is 2.99. The van der Waals surface area contributed by atoms with Gasteiger partial charge in [0, 0.05) is 28.5 Å². The van der Waals surface area contributed by atoms with Gasteiger partial charge in [-0.2, -0.15) is 5.10 Å². The van der Waals surface area contributed by atoms with E-state index in [0.717, 1.165) is 27.4 Å². The molecule has 0 aliphatic heterocycles. The lowest BCUT2D eigenvalue weighted by molar-refractivity contribution is -0.138. The number of thioether (sulfide) groups is 1. The smallest absolute Gasteiger partial charge is 0.303 e. The van der Waals surface area contributed by atoms with Crippen LogP contribution in [0.25, 0.3) is 16.9 Å². The fourth-order valence-corrected chi connectivity index (χ4v) is 3.40. The van der Waals surface area contributed by atoms with Crippen LogP contribution in [-0.4, -0.2) is 21.7 Å². The molecule has 0 radical (unpaired) electrons. The van der Waals surface area contributed by atoms with E-state index in [1.807, 2.05) is 55.5 Å². The summed E-state index contributed by atoms with van der Waals surface area (Å²) in [4.78, 5) is 11.8.